The lowest BCUT2D eigenvalue weighted by molar-refractivity contribution is -0.156. The first-order chi connectivity index (χ1) is 12.0. The highest BCUT2D eigenvalue weighted by Gasteiger charge is 2.43. The van der Waals surface area contributed by atoms with E-state index in [1.54, 1.807) is 12.0 Å². The molecule has 2 rings (SSSR count). The number of amides is 1. The van der Waals surface area contributed by atoms with Crippen molar-refractivity contribution in [1.29, 1.82) is 0 Å². The summed E-state index contributed by atoms with van der Waals surface area (Å²) in [6, 6.07) is 0. The number of likely N-dealkylation sites (tertiary alicyclic amines) is 1. The van der Waals surface area contributed by atoms with Crippen LogP contribution in [0.25, 0.3) is 0 Å². The number of carboxylic acids is 1. The van der Waals surface area contributed by atoms with Crippen LogP contribution in [0.1, 0.15) is 32.1 Å². The van der Waals surface area contributed by atoms with E-state index in [1.807, 2.05) is 0 Å². The normalized spacial score (nSPS) is 26.4. The van der Waals surface area contributed by atoms with Crippen LogP contribution in [0.4, 0.5) is 0 Å². The third-order valence-corrected chi connectivity index (χ3v) is 5.56. The van der Waals surface area contributed by atoms with Crippen molar-refractivity contribution in [3.05, 3.63) is 0 Å². The van der Waals surface area contributed by atoms with Gasteiger partial charge in [-0.3, -0.25) is 14.5 Å². The predicted molar refractivity (Wildman–Crippen MR) is 95.5 cm³/mol. The Morgan fingerprint density at radius 3 is 2.64 bits per heavy atom. The number of carboxylic acid groups (broad SMARTS) is 1. The number of hydrogen-bond donors (Lipinski definition) is 1. The average molecular weight is 355 g/mol. The van der Waals surface area contributed by atoms with E-state index in [1.165, 1.54) is 0 Å². The molecule has 2 heterocycles. The molecule has 0 radical (unpaired) electrons. The minimum Gasteiger partial charge on any atom is -0.481 e. The van der Waals surface area contributed by atoms with Crippen molar-refractivity contribution < 1.29 is 19.4 Å². The van der Waals surface area contributed by atoms with Gasteiger partial charge in [0.2, 0.25) is 5.91 Å². The van der Waals surface area contributed by atoms with E-state index in [-0.39, 0.29) is 5.91 Å². The average Bonchev–Trinajstić information content (AvgIpc) is 2.79. The largest absolute Gasteiger partial charge is 0.481 e. The molecule has 1 unspecified atom stereocenters. The highest BCUT2D eigenvalue weighted by Crippen LogP contribution is 2.35. The van der Waals surface area contributed by atoms with Crippen molar-refractivity contribution in [3.8, 4) is 0 Å². The number of hydrogen-bond acceptors (Lipinski definition) is 5. The summed E-state index contributed by atoms with van der Waals surface area (Å²) < 4.78 is 5.07. The minimum atomic E-state index is -0.814. The molecule has 0 aromatic carbocycles. The molecule has 2 aliphatic rings. The molecular formula is C18H33N3O4. The Kier molecular flexibility index (Phi) is 7.65. The first kappa shape index (κ1) is 20.1. The molecule has 7 heteroatoms. The number of piperidine rings is 1. The molecule has 7 nitrogen and oxygen atoms in total. The molecule has 0 bridgehead atoms. The van der Waals surface area contributed by atoms with Crippen molar-refractivity contribution in [3.63, 3.8) is 0 Å². The standard InChI is InChI=1S/C18H33N3O4/c1-19-8-5-9-20(12-11-19)14-16(22)21-10-3-6-18(15-21,17(23)24)7-4-13-25-2/h3-15H2,1-2H3,(H,23,24). The Morgan fingerprint density at radius 1 is 1.12 bits per heavy atom. The highest BCUT2D eigenvalue weighted by molar-refractivity contribution is 5.81. The molecule has 2 aliphatic heterocycles. The second-order valence-electron chi connectivity index (χ2n) is 7.53. The first-order valence-electron chi connectivity index (χ1n) is 9.38. The quantitative estimate of drug-likeness (QED) is 0.679. The summed E-state index contributed by atoms with van der Waals surface area (Å²) in [6.45, 7) is 5.84. The first-order valence-corrected chi connectivity index (χ1v) is 9.38. The summed E-state index contributed by atoms with van der Waals surface area (Å²) in [5.41, 5.74) is -0.814. The zero-order valence-electron chi connectivity index (χ0n) is 15.7. The lowest BCUT2D eigenvalue weighted by atomic mass is 9.76. The van der Waals surface area contributed by atoms with Gasteiger partial charge in [-0.05, 0) is 52.2 Å². The maximum atomic E-state index is 12.8. The maximum absolute atomic E-state index is 12.8. The predicted octanol–water partition coefficient (Wildman–Crippen LogP) is 0.744. The van der Waals surface area contributed by atoms with Gasteiger partial charge in [-0.2, -0.15) is 0 Å². The van der Waals surface area contributed by atoms with Gasteiger partial charge in [-0.25, -0.2) is 0 Å². The fraction of sp³-hybridized carbons (Fsp3) is 0.889. The maximum Gasteiger partial charge on any atom is 0.311 e. The minimum absolute atomic E-state index is 0.0709. The molecule has 2 saturated heterocycles. The van der Waals surface area contributed by atoms with Crippen molar-refractivity contribution in [1.82, 2.24) is 14.7 Å². The molecule has 0 aliphatic carbocycles. The van der Waals surface area contributed by atoms with E-state index in [0.717, 1.165) is 39.0 Å². The molecule has 0 aromatic heterocycles. The zero-order valence-corrected chi connectivity index (χ0v) is 15.7. The van der Waals surface area contributed by atoms with Gasteiger partial charge in [0.25, 0.3) is 0 Å². The van der Waals surface area contributed by atoms with Gasteiger partial charge < -0.3 is 19.6 Å². The second kappa shape index (κ2) is 9.50. The molecule has 0 spiro atoms. The summed E-state index contributed by atoms with van der Waals surface area (Å²) in [5.74, 6) is -0.709. The van der Waals surface area contributed by atoms with Crippen LogP contribution in [0.3, 0.4) is 0 Å². The van der Waals surface area contributed by atoms with E-state index in [2.05, 4.69) is 16.8 Å². The number of carbonyl (C=O) groups is 2. The number of nitrogens with zero attached hydrogens (tertiary/aromatic N) is 3. The summed E-state index contributed by atoms with van der Waals surface area (Å²) in [5, 5.41) is 9.78. The monoisotopic (exact) mass is 355 g/mol. The van der Waals surface area contributed by atoms with E-state index >= 15 is 0 Å². The fourth-order valence-electron chi connectivity index (χ4n) is 3.93. The van der Waals surface area contributed by atoms with Gasteiger partial charge in [-0.1, -0.05) is 0 Å². The van der Waals surface area contributed by atoms with Gasteiger partial charge in [-0.15, -0.1) is 0 Å². The van der Waals surface area contributed by atoms with Crippen molar-refractivity contribution >= 4 is 11.9 Å². The van der Waals surface area contributed by atoms with Crippen molar-refractivity contribution in [2.75, 3.05) is 66.6 Å². The number of methoxy groups -OCH3 is 1. The van der Waals surface area contributed by atoms with Crippen LogP contribution in [0.2, 0.25) is 0 Å². The molecule has 2 fully saturated rings. The van der Waals surface area contributed by atoms with Crippen molar-refractivity contribution in [2.24, 2.45) is 5.41 Å². The lowest BCUT2D eigenvalue weighted by Gasteiger charge is -2.40. The second-order valence-corrected chi connectivity index (χ2v) is 7.53. The van der Waals surface area contributed by atoms with E-state index < -0.39 is 11.4 Å². The Morgan fingerprint density at radius 2 is 1.92 bits per heavy atom. The van der Waals surface area contributed by atoms with Gasteiger partial charge in [0, 0.05) is 39.9 Å². The number of ether oxygens (including phenoxy) is 1. The molecule has 144 valence electrons. The highest BCUT2D eigenvalue weighted by atomic mass is 16.5. The number of rotatable bonds is 7. The summed E-state index contributed by atoms with van der Waals surface area (Å²) >= 11 is 0. The topological polar surface area (TPSA) is 73.3 Å². The molecular weight excluding hydrogens is 322 g/mol. The Bertz CT molecular complexity index is 460. The van der Waals surface area contributed by atoms with Crippen LogP contribution in [0, 0.1) is 5.41 Å². The van der Waals surface area contributed by atoms with Gasteiger partial charge in [0.15, 0.2) is 0 Å². The third-order valence-electron chi connectivity index (χ3n) is 5.56. The summed E-state index contributed by atoms with van der Waals surface area (Å²) in [6.07, 6.45) is 3.75. The van der Waals surface area contributed by atoms with Crippen LogP contribution < -0.4 is 0 Å². The molecule has 1 N–H and O–H groups in total. The van der Waals surface area contributed by atoms with Crippen molar-refractivity contribution in [2.45, 2.75) is 32.1 Å². The van der Waals surface area contributed by atoms with Crippen LogP contribution in [0.15, 0.2) is 0 Å². The molecule has 0 saturated carbocycles. The number of aliphatic carboxylic acids is 1. The fourth-order valence-corrected chi connectivity index (χ4v) is 3.93. The zero-order chi connectivity index (χ0) is 18.3. The summed E-state index contributed by atoms with van der Waals surface area (Å²) in [4.78, 5) is 30.9. The van der Waals surface area contributed by atoms with Crippen LogP contribution in [-0.2, 0) is 14.3 Å². The Labute approximate surface area is 150 Å². The molecule has 1 atom stereocenters. The van der Waals surface area contributed by atoms with Crippen LogP contribution in [0.5, 0.6) is 0 Å². The van der Waals surface area contributed by atoms with Crippen LogP contribution >= 0.6 is 0 Å². The third kappa shape index (κ3) is 5.66. The SMILES string of the molecule is COCCCC1(C(=O)O)CCCN(C(=O)CN2CCCN(C)CC2)C1. The number of carbonyl (C=O) groups excluding carboxylic acids is 1. The van der Waals surface area contributed by atoms with Gasteiger partial charge in [0.1, 0.15) is 0 Å². The van der Waals surface area contributed by atoms with Gasteiger partial charge >= 0.3 is 5.97 Å². The molecule has 1 amide bonds. The Balaban J connectivity index is 1.93. The smallest absolute Gasteiger partial charge is 0.311 e. The molecule has 25 heavy (non-hydrogen) atoms. The van der Waals surface area contributed by atoms with E-state index in [4.69, 9.17) is 4.74 Å². The van der Waals surface area contributed by atoms with E-state index in [0.29, 0.717) is 45.5 Å². The van der Waals surface area contributed by atoms with Crippen LogP contribution in [-0.4, -0.2) is 98.3 Å². The Hall–Kier alpha value is -1.18. The van der Waals surface area contributed by atoms with Gasteiger partial charge in [0.05, 0.1) is 12.0 Å². The molecule has 0 aromatic rings. The number of likely N-dealkylation sites (N-methyl/N-ethyl adjacent to an activating group) is 1. The van der Waals surface area contributed by atoms with E-state index in [9.17, 15) is 14.7 Å². The lowest BCUT2D eigenvalue weighted by Crippen LogP contribution is -2.52. The summed E-state index contributed by atoms with van der Waals surface area (Å²) in [7, 11) is 3.74.